The molecule has 0 aliphatic heterocycles. The number of carbonyl (C=O) groups is 1. The van der Waals surface area contributed by atoms with Gasteiger partial charge in [0.15, 0.2) is 5.16 Å². The molecule has 134 valence electrons. The van der Waals surface area contributed by atoms with Gasteiger partial charge in [-0.3, -0.25) is 9.36 Å². The Morgan fingerprint density at radius 1 is 1.15 bits per heavy atom. The summed E-state index contributed by atoms with van der Waals surface area (Å²) in [6.07, 6.45) is 1.62. The molecule has 0 radical (unpaired) electrons. The molecular formula is C19H20N4O2S. The molecular weight excluding hydrogens is 348 g/mol. The minimum Gasteiger partial charge on any atom is -0.495 e. The van der Waals surface area contributed by atoms with Crippen molar-refractivity contribution in [2.24, 2.45) is 0 Å². The van der Waals surface area contributed by atoms with E-state index in [1.807, 2.05) is 66.1 Å². The summed E-state index contributed by atoms with van der Waals surface area (Å²) in [4.78, 5) is 14.4. The van der Waals surface area contributed by atoms with Crippen LogP contribution in [0.4, 0.5) is 5.69 Å². The Kier molecular flexibility index (Phi) is 5.91. The number of ether oxygens (including phenoxy) is 1. The number of hydrogen-bond donors (Lipinski definition) is 0. The Labute approximate surface area is 156 Å². The third kappa shape index (κ3) is 3.88. The lowest BCUT2D eigenvalue weighted by atomic mass is 10.3. The highest BCUT2D eigenvalue weighted by atomic mass is 32.2. The van der Waals surface area contributed by atoms with Crippen molar-refractivity contribution in [2.45, 2.75) is 12.1 Å². The molecule has 3 aromatic rings. The number of methoxy groups -OCH3 is 1. The van der Waals surface area contributed by atoms with Crippen LogP contribution in [0.2, 0.25) is 0 Å². The zero-order valence-corrected chi connectivity index (χ0v) is 15.5. The zero-order chi connectivity index (χ0) is 18.4. The SMILES string of the molecule is CCN(C(=O)CSc1nncn1-c1ccccc1OC)c1ccccc1. The molecule has 0 aliphatic rings. The van der Waals surface area contributed by atoms with Gasteiger partial charge in [0, 0.05) is 12.2 Å². The molecule has 0 unspecified atom stereocenters. The number of aromatic nitrogens is 3. The van der Waals surface area contributed by atoms with E-state index in [0.29, 0.717) is 11.7 Å². The average Bonchev–Trinajstić information content (AvgIpc) is 3.16. The first-order valence-corrected chi connectivity index (χ1v) is 9.24. The second-order valence-corrected chi connectivity index (χ2v) is 6.36. The van der Waals surface area contributed by atoms with Crippen LogP contribution in [-0.4, -0.2) is 40.1 Å². The minimum absolute atomic E-state index is 0.0262. The molecule has 1 heterocycles. The van der Waals surface area contributed by atoms with Crippen molar-refractivity contribution in [3.63, 3.8) is 0 Å². The van der Waals surface area contributed by atoms with Gasteiger partial charge in [0.1, 0.15) is 12.1 Å². The van der Waals surface area contributed by atoms with Gasteiger partial charge in [-0.1, -0.05) is 42.1 Å². The Bertz CT molecular complexity index is 867. The molecule has 0 N–H and O–H groups in total. The fourth-order valence-electron chi connectivity index (χ4n) is 2.63. The molecule has 0 atom stereocenters. The first kappa shape index (κ1) is 18.0. The predicted octanol–water partition coefficient (Wildman–Crippen LogP) is 3.42. The van der Waals surface area contributed by atoms with Crippen molar-refractivity contribution in [1.82, 2.24) is 14.8 Å². The van der Waals surface area contributed by atoms with Crippen molar-refractivity contribution < 1.29 is 9.53 Å². The van der Waals surface area contributed by atoms with Crippen molar-refractivity contribution in [1.29, 1.82) is 0 Å². The number of thioether (sulfide) groups is 1. The molecule has 0 fully saturated rings. The fraction of sp³-hybridized carbons (Fsp3) is 0.211. The minimum atomic E-state index is 0.0262. The van der Waals surface area contributed by atoms with E-state index in [1.165, 1.54) is 11.8 Å². The van der Waals surface area contributed by atoms with Crippen LogP contribution in [0.25, 0.3) is 5.69 Å². The third-order valence-corrected chi connectivity index (χ3v) is 4.80. The summed E-state index contributed by atoms with van der Waals surface area (Å²) in [5, 5.41) is 8.78. The van der Waals surface area contributed by atoms with Gasteiger partial charge in [0.25, 0.3) is 0 Å². The van der Waals surface area contributed by atoms with E-state index in [1.54, 1.807) is 18.3 Å². The second-order valence-electron chi connectivity index (χ2n) is 5.42. The van der Waals surface area contributed by atoms with E-state index in [4.69, 9.17) is 4.74 Å². The van der Waals surface area contributed by atoms with Crippen LogP contribution in [0.1, 0.15) is 6.92 Å². The molecule has 0 aliphatic carbocycles. The van der Waals surface area contributed by atoms with E-state index in [-0.39, 0.29) is 11.7 Å². The fourth-order valence-corrected chi connectivity index (χ4v) is 3.43. The van der Waals surface area contributed by atoms with Crippen LogP contribution in [0.3, 0.4) is 0 Å². The van der Waals surface area contributed by atoms with Gasteiger partial charge in [0.05, 0.1) is 18.6 Å². The lowest BCUT2D eigenvalue weighted by molar-refractivity contribution is -0.116. The highest BCUT2D eigenvalue weighted by Crippen LogP contribution is 2.27. The summed E-state index contributed by atoms with van der Waals surface area (Å²) in [5.74, 6) is 1.02. The second kappa shape index (κ2) is 8.53. The maximum Gasteiger partial charge on any atom is 0.237 e. The molecule has 2 aromatic carbocycles. The summed E-state index contributed by atoms with van der Waals surface area (Å²) in [5.41, 5.74) is 1.73. The largest absolute Gasteiger partial charge is 0.495 e. The Morgan fingerprint density at radius 2 is 1.88 bits per heavy atom. The van der Waals surface area contributed by atoms with E-state index in [9.17, 15) is 4.79 Å². The van der Waals surface area contributed by atoms with Crippen LogP contribution in [0.5, 0.6) is 5.75 Å². The van der Waals surface area contributed by atoms with Crippen LogP contribution >= 0.6 is 11.8 Å². The van der Waals surface area contributed by atoms with Gasteiger partial charge < -0.3 is 9.64 Å². The first-order valence-electron chi connectivity index (χ1n) is 8.26. The van der Waals surface area contributed by atoms with Gasteiger partial charge in [-0.25, -0.2) is 0 Å². The lowest BCUT2D eigenvalue weighted by Crippen LogP contribution is -2.32. The number of benzene rings is 2. The maximum atomic E-state index is 12.7. The van der Waals surface area contributed by atoms with Crippen molar-refractivity contribution >= 4 is 23.4 Å². The predicted molar refractivity (Wildman–Crippen MR) is 103 cm³/mol. The number of nitrogens with zero attached hydrogens (tertiary/aromatic N) is 4. The van der Waals surface area contributed by atoms with E-state index < -0.39 is 0 Å². The van der Waals surface area contributed by atoms with Gasteiger partial charge in [-0.05, 0) is 31.2 Å². The molecule has 1 amide bonds. The summed E-state index contributed by atoms with van der Waals surface area (Å²) < 4.78 is 7.23. The van der Waals surface area contributed by atoms with Crippen LogP contribution < -0.4 is 9.64 Å². The first-order chi connectivity index (χ1) is 12.7. The Balaban J connectivity index is 1.75. The number of rotatable bonds is 7. The summed E-state index contributed by atoms with van der Waals surface area (Å²) in [6, 6.07) is 17.3. The van der Waals surface area contributed by atoms with Crippen molar-refractivity contribution in [2.75, 3.05) is 24.3 Å². The van der Waals surface area contributed by atoms with E-state index >= 15 is 0 Å². The molecule has 0 bridgehead atoms. The van der Waals surface area contributed by atoms with Gasteiger partial charge in [-0.15, -0.1) is 10.2 Å². The van der Waals surface area contributed by atoms with Crippen LogP contribution in [0.15, 0.2) is 66.1 Å². The molecule has 7 heteroatoms. The van der Waals surface area contributed by atoms with Gasteiger partial charge in [-0.2, -0.15) is 0 Å². The standard InChI is InChI=1S/C19H20N4O2S/c1-3-22(15-9-5-4-6-10-15)18(24)13-26-19-21-20-14-23(19)16-11-7-8-12-17(16)25-2/h4-12,14H,3,13H2,1-2H3. The third-order valence-electron chi connectivity index (χ3n) is 3.87. The smallest absolute Gasteiger partial charge is 0.237 e. The van der Waals surface area contributed by atoms with Gasteiger partial charge in [0.2, 0.25) is 5.91 Å². The number of anilines is 1. The van der Waals surface area contributed by atoms with Crippen molar-refractivity contribution in [3.8, 4) is 11.4 Å². The monoisotopic (exact) mass is 368 g/mol. The van der Waals surface area contributed by atoms with Crippen molar-refractivity contribution in [3.05, 3.63) is 60.9 Å². The molecule has 0 saturated carbocycles. The van der Waals surface area contributed by atoms with E-state index in [0.717, 1.165) is 17.1 Å². The number of amides is 1. The molecule has 0 spiro atoms. The maximum absolute atomic E-state index is 12.7. The summed E-state index contributed by atoms with van der Waals surface area (Å²) in [6.45, 7) is 2.58. The molecule has 26 heavy (non-hydrogen) atoms. The Morgan fingerprint density at radius 3 is 2.62 bits per heavy atom. The number of carbonyl (C=O) groups excluding carboxylic acids is 1. The highest BCUT2D eigenvalue weighted by Gasteiger charge is 2.17. The molecule has 3 rings (SSSR count). The molecule has 0 saturated heterocycles. The number of hydrogen-bond acceptors (Lipinski definition) is 5. The van der Waals surface area contributed by atoms with Crippen LogP contribution in [-0.2, 0) is 4.79 Å². The quantitative estimate of drug-likeness (QED) is 0.598. The molecule has 1 aromatic heterocycles. The topological polar surface area (TPSA) is 60.2 Å². The number of para-hydroxylation sites is 3. The van der Waals surface area contributed by atoms with Crippen LogP contribution in [0, 0.1) is 0 Å². The summed E-state index contributed by atoms with van der Waals surface area (Å²) in [7, 11) is 1.62. The normalized spacial score (nSPS) is 10.5. The van der Waals surface area contributed by atoms with E-state index in [2.05, 4.69) is 10.2 Å². The zero-order valence-electron chi connectivity index (χ0n) is 14.7. The summed E-state index contributed by atoms with van der Waals surface area (Å²) >= 11 is 1.36. The van der Waals surface area contributed by atoms with Gasteiger partial charge >= 0.3 is 0 Å². The Hall–Kier alpha value is -2.80. The molecule has 6 nitrogen and oxygen atoms in total. The highest BCUT2D eigenvalue weighted by molar-refractivity contribution is 7.99. The lowest BCUT2D eigenvalue weighted by Gasteiger charge is -2.20. The average molecular weight is 368 g/mol.